The van der Waals surface area contributed by atoms with Crippen molar-refractivity contribution in [1.29, 1.82) is 0 Å². The van der Waals surface area contributed by atoms with Crippen molar-refractivity contribution in [3.8, 4) is 5.75 Å². The van der Waals surface area contributed by atoms with Crippen LogP contribution in [-0.4, -0.2) is 25.7 Å². The van der Waals surface area contributed by atoms with Gasteiger partial charge in [-0.1, -0.05) is 20.8 Å². The van der Waals surface area contributed by atoms with Crippen LogP contribution in [0.15, 0.2) is 12.1 Å². The van der Waals surface area contributed by atoms with E-state index >= 15 is 0 Å². The molecule has 0 aliphatic carbocycles. The fourth-order valence-corrected chi connectivity index (χ4v) is 3.55. The number of ether oxygens (including phenoxy) is 2. The molecule has 1 fully saturated rings. The summed E-state index contributed by atoms with van der Waals surface area (Å²) in [6.45, 7) is 8.48. The molecule has 0 radical (unpaired) electrons. The third kappa shape index (κ3) is 3.41. The van der Waals surface area contributed by atoms with E-state index in [0.29, 0.717) is 36.3 Å². The van der Waals surface area contributed by atoms with Crippen molar-refractivity contribution in [2.24, 2.45) is 5.41 Å². The lowest BCUT2D eigenvalue weighted by molar-refractivity contribution is -0.0255. The van der Waals surface area contributed by atoms with Crippen LogP contribution in [0.5, 0.6) is 5.75 Å². The minimum Gasteiger partial charge on any atom is -0.493 e. The van der Waals surface area contributed by atoms with Gasteiger partial charge in [-0.3, -0.25) is 0 Å². The highest BCUT2D eigenvalue weighted by molar-refractivity contribution is 5.95. The third-order valence-electron chi connectivity index (χ3n) is 4.78. The molecule has 0 saturated carbocycles. The summed E-state index contributed by atoms with van der Waals surface area (Å²) in [5, 5.41) is 3.22. The van der Waals surface area contributed by atoms with Gasteiger partial charge in [0.05, 0.1) is 12.2 Å². The van der Waals surface area contributed by atoms with E-state index in [1.54, 1.807) is 6.07 Å². The summed E-state index contributed by atoms with van der Waals surface area (Å²) in [5.74, 6) is -0.430. The molecule has 1 spiro atoms. The van der Waals surface area contributed by atoms with E-state index in [2.05, 4.69) is 26.1 Å². The van der Waals surface area contributed by atoms with Crippen molar-refractivity contribution >= 4 is 5.97 Å². The van der Waals surface area contributed by atoms with Gasteiger partial charge in [0.1, 0.15) is 17.2 Å². The number of fused-ring (bicyclic) bond motifs is 2. The zero-order valence-electron chi connectivity index (χ0n) is 14.7. The second kappa shape index (κ2) is 6.36. The molecule has 0 atom stereocenters. The molecule has 0 amide bonds. The standard InChI is InChI=1S/C19H26FNO3/c1-18(2,3)5-4-10-23-13-11-14-16(15(20)12-13)19(24-17(14)22)6-8-21-9-7-19/h11-12,21H,4-10H2,1-3H3. The molecule has 132 valence electrons. The molecule has 3 rings (SSSR count). The fourth-order valence-electron chi connectivity index (χ4n) is 3.55. The minimum absolute atomic E-state index is 0.248. The molecular weight excluding hydrogens is 309 g/mol. The van der Waals surface area contributed by atoms with Gasteiger partial charge in [-0.15, -0.1) is 0 Å². The van der Waals surface area contributed by atoms with Crippen LogP contribution in [0, 0.1) is 11.2 Å². The lowest BCUT2D eigenvalue weighted by atomic mass is 9.84. The number of halogens is 1. The number of hydrogen-bond acceptors (Lipinski definition) is 4. The molecule has 5 heteroatoms. The van der Waals surface area contributed by atoms with E-state index in [4.69, 9.17) is 9.47 Å². The summed E-state index contributed by atoms with van der Waals surface area (Å²) in [5.41, 5.74) is 0.184. The Morgan fingerprint density at radius 1 is 1.29 bits per heavy atom. The van der Waals surface area contributed by atoms with Crippen LogP contribution in [0.3, 0.4) is 0 Å². The summed E-state index contributed by atoms with van der Waals surface area (Å²) in [6.07, 6.45) is 3.13. The van der Waals surface area contributed by atoms with E-state index < -0.39 is 17.4 Å². The van der Waals surface area contributed by atoms with E-state index in [9.17, 15) is 9.18 Å². The first-order valence-corrected chi connectivity index (χ1v) is 8.72. The third-order valence-corrected chi connectivity index (χ3v) is 4.78. The predicted octanol–water partition coefficient (Wildman–Crippen LogP) is 3.78. The van der Waals surface area contributed by atoms with E-state index in [1.165, 1.54) is 6.07 Å². The normalized spacial score (nSPS) is 19.2. The first-order valence-electron chi connectivity index (χ1n) is 8.72. The van der Waals surface area contributed by atoms with Gasteiger partial charge in [0.25, 0.3) is 0 Å². The second-order valence-corrected chi connectivity index (χ2v) is 7.97. The van der Waals surface area contributed by atoms with Gasteiger partial charge in [0, 0.05) is 24.5 Å². The van der Waals surface area contributed by atoms with Crippen molar-refractivity contribution in [2.45, 2.75) is 52.1 Å². The van der Waals surface area contributed by atoms with Crippen LogP contribution in [0.4, 0.5) is 4.39 Å². The van der Waals surface area contributed by atoms with Gasteiger partial charge in [-0.2, -0.15) is 0 Å². The van der Waals surface area contributed by atoms with Crippen molar-refractivity contribution < 1.29 is 18.7 Å². The molecule has 24 heavy (non-hydrogen) atoms. The number of piperidine rings is 1. The predicted molar refractivity (Wildman–Crippen MR) is 89.8 cm³/mol. The number of carbonyl (C=O) groups excluding carboxylic acids is 1. The number of nitrogens with one attached hydrogen (secondary N) is 1. The fraction of sp³-hybridized carbons (Fsp3) is 0.632. The molecule has 0 aromatic heterocycles. The first kappa shape index (κ1) is 17.2. The van der Waals surface area contributed by atoms with Crippen LogP contribution in [-0.2, 0) is 10.3 Å². The van der Waals surface area contributed by atoms with E-state index in [0.717, 1.165) is 25.9 Å². The Balaban J connectivity index is 1.76. The number of carbonyl (C=O) groups is 1. The largest absolute Gasteiger partial charge is 0.493 e. The van der Waals surface area contributed by atoms with Gasteiger partial charge in [0.2, 0.25) is 0 Å². The molecule has 1 aromatic carbocycles. The zero-order valence-corrected chi connectivity index (χ0v) is 14.7. The van der Waals surface area contributed by atoms with Crippen molar-refractivity contribution in [3.05, 3.63) is 29.1 Å². The Labute approximate surface area is 142 Å². The van der Waals surface area contributed by atoms with Gasteiger partial charge in [0.15, 0.2) is 0 Å². The summed E-state index contributed by atoms with van der Waals surface area (Å²) < 4.78 is 26.0. The lowest BCUT2D eigenvalue weighted by Crippen LogP contribution is -2.40. The number of hydrogen-bond donors (Lipinski definition) is 1. The molecule has 2 heterocycles. The Morgan fingerprint density at radius 3 is 2.67 bits per heavy atom. The highest BCUT2D eigenvalue weighted by atomic mass is 19.1. The maximum absolute atomic E-state index is 14.7. The number of rotatable bonds is 4. The molecule has 0 unspecified atom stereocenters. The summed E-state index contributed by atoms with van der Waals surface area (Å²) in [6, 6.07) is 3.02. The SMILES string of the molecule is CC(C)(C)CCCOc1cc(F)c2c(c1)C(=O)OC21CCNCC1. The summed E-state index contributed by atoms with van der Waals surface area (Å²) in [7, 11) is 0. The maximum atomic E-state index is 14.7. The molecule has 1 saturated heterocycles. The van der Waals surface area contributed by atoms with Crippen LogP contribution < -0.4 is 10.1 Å². The molecule has 4 nitrogen and oxygen atoms in total. The topological polar surface area (TPSA) is 47.6 Å². The van der Waals surface area contributed by atoms with Crippen LogP contribution >= 0.6 is 0 Å². The molecule has 2 aliphatic heterocycles. The van der Waals surface area contributed by atoms with Crippen molar-refractivity contribution in [3.63, 3.8) is 0 Å². The summed E-state index contributed by atoms with van der Waals surface area (Å²) >= 11 is 0. The monoisotopic (exact) mass is 335 g/mol. The minimum atomic E-state index is -0.799. The summed E-state index contributed by atoms with van der Waals surface area (Å²) in [4.78, 5) is 12.2. The molecule has 1 aromatic rings. The van der Waals surface area contributed by atoms with Crippen LogP contribution in [0.2, 0.25) is 0 Å². The average molecular weight is 335 g/mol. The molecule has 0 bridgehead atoms. The Kier molecular flexibility index (Phi) is 4.56. The quantitative estimate of drug-likeness (QED) is 0.672. The Morgan fingerprint density at radius 2 is 2.00 bits per heavy atom. The van der Waals surface area contributed by atoms with Crippen LogP contribution in [0.1, 0.15) is 62.4 Å². The Hall–Kier alpha value is -1.62. The van der Waals surface area contributed by atoms with Gasteiger partial charge in [-0.05, 0) is 37.4 Å². The molecular formula is C19H26FNO3. The average Bonchev–Trinajstić information content (AvgIpc) is 2.76. The lowest BCUT2D eigenvalue weighted by Gasteiger charge is -2.33. The molecule has 2 aliphatic rings. The Bertz CT molecular complexity index is 630. The molecule has 1 N–H and O–H groups in total. The van der Waals surface area contributed by atoms with Crippen LogP contribution in [0.25, 0.3) is 0 Å². The highest BCUT2D eigenvalue weighted by Crippen LogP contribution is 2.45. The zero-order chi connectivity index (χ0) is 17.4. The maximum Gasteiger partial charge on any atom is 0.339 e. The first-order chi connectivity index (χ1) is 11.3. The van der Waals surface area contributed by atoms with Gasteiger partial charge >= 0.3 is 5.97 Å². The number of esters is 1. The van der Waals surface area contributed by atoms with Crippen molar-refractivity contribution in [2.75, 3.05) is 19.7 Å². The highest BCUT2D eigenvalue weighted by Gasteiger charge is 2.48. The van der Waals surface area contributed by atoms with Crippen molar-refractivity contribution in [1.82, 2.24) is 5.32 Å². The van der Waals surface area contributed by atoms with Gasteiger partial charge < -0.3 is 14.8 Å². The second-order valence-electron chi connectivity index (χ2n) is 7.97. The van der Waals surface area contributed by atoms with E-state index in [1.807, 2.05) is 0 Å². The number of benzene rings is 1. The van der Waals surface area contributed by atoms with E-state index in [-0.39, 0.29) is 5.41 Å². The van der Waals surface area contributed by atoms with Gasteiger partial charge in [-0.25, -0.2) is 9.18 Å². The smallest absolute Gasteiger partial charge is 0.339 e.